The average molecular weight is 230 g/mol. The van der Waals surface area contributed by atoms with Gasteiger partial charge in [-0.2, -0.15) is 0 Å². The lowest BCUT2D eigenvalue weighted by atomic mass is 10.00. The van der Waals surface area contributed by atoms with E-state index < -0.39 is 5.91 Å². The minimum Gasteiger partial charge on any atom is -0.366 e. The van der Waals surface area contributed by atoms with E-state index in [1.165, 1.54) is 0 Å². The highest BCUT2D eigenvalue weighted by Gasteiger charge is 2.08. The van der Waals surface area contributed by atoms with Crippen LogP contribution in [0.15, 0.2) is 42.5 Å². The van der Waals surface area contributed by atoms with Crippen molar-refractivity contribution in [2.24, 2.45) is 5.73 Å². The van der Waals surface area contributed by atoms with Crippen molar-refractivity contribution < 1.29 is 4.79 Å². The highest BCUT2D eigenvalue weighted by atomic mass is 16.1. The fourth-order valence-electron chi connectivity index (χ4n) is 1.53. The van der Waals surface area contributed by atoms with Gasteiger partial charge in [0.1, 0.15) is 0 Å². The number of carbonyl (C=O) groups excluding carboxylic acids is 1. The number of nitrogens with two attached hydrogens (primary N) is 1. The van der Waals surface area contributed by atoms with Crippen LogP contribution in [0.5, 0.6) is 0 Å². The van der Waals surface area contributed by atoms with Gasteiger partial charge in [-0.3, -0.25) is 4.79 Å². The van der Waals surface area contributed by atoms with E-state index in [9.17, 15) is 4.79 Å². The number of aryl methyl sites for hydroxylation is 1. The number of benzene rings is 1. The Hall–Kier alpha value is -1.87. The third kappa shape index (κ3) is 3.89. The van der Waals surface area contributed by atoms with Gasteiger partial charge in [0.15, 0.2) is 0 Å². The van der Waals surface area contributed by atoms with E-state index in [4.69, 9.17) is 5.73 Å². The number of nitrogens with one attached hydrogen (secondary N) is 1. The molecule has 0 aliphatic rings. The zero-order valence-corrected chi connectivity index (χ0v) is 10.2. The number of primary amides is 1. The van der Waals surface area contributed by atoms with Crippen molar-refractivity contribution in [1.29, 1.82) is 0 Å². The Kier molecular flexibility index (Phi) is 5.17. The van der Waals surface area contributed by atoms with Crippen LogP contribution in [0.1, 0.15) is 11.1 Å². The van der Waals surface area contributed by atoms with E-state index in [1.807, 2.05) is 50.4 Å². The standard InChI is InChI=1S/C14H18N2O/c1-11-7-3-4-8-12(11)13(14(15)17)9-5-6-10-16-2/h3-9,16H,10H2,1-2H3,(H2,15,17)/b6-5+,13-9+. The molecular formula is C14H18N2O. The zero-order valence-electron chi connectivity index (χ0n) is 10.2. The quantitative estimate of drug-likeness (QED) is 0.597. The monoisotopic (exact) mass is 230 g/mol. The van der Waals surface area contributed by atoms with Crippen LogP contribution in [-0.4, -0.2) is 19.5 Å². The van der Waals surface area contributed by atoms with Crippen molar-refractivity contribution in [3.05, 3.63) is 53.6 Å². The molecule has 0 atom stereocenters. The molecule has 0 bridgehead atoms. The summed E-state index contributed by atoms with van der Waals surface area (Å²) in [6.45, 7) is 2.72. The molecule has 0 aliphatic carbocycles. The second-order valence-electron chi connectivity index (χ2n) is 3.75. The van der Waals surface area contributed by atoms with Gasteiger partial charge < -0.3 is 11.1 Å². The molecule has 0 unspecified atom stereocenters. The highest BCUT2D eigenvalue weighted by molar-refractivity contribution is 6.19. The fraction of sp³-hybridized carbons (Fsp3) is 0.214. The van der Waals surface area contributed by atoms with Crippen molar-refractivity contribution in [3.63, 3.8) is 0 Å². The van der Waals surface area contributed by atoms with Gasteiger partial charge in [-0.25, -0.2) is 0 Å². The molecule has 3 nitrogen and oxygen atoms in total. The minimum atomic E-state index is -0.409. The summed E-state index contributed by atoms with van der Waals surface area (Å²) in [6, 6.07) is 7.70. The molecule has 0 heterocycles. The third-order valence-corrected chi connectivity index (χ3v) is 2.42. The summed E-state index contributed by atoms with van der Waals surface area (Å²) in [6.07, 6.45) is 5.52. The van der Waals surface area contributed by atoms with Gasteiger partial charge in [-0.1, -0.05) is 36.4 Å². The maximum absolute atomic E-state index is 11.4. The topological polar surface area (TPSA) is 55.1 Å². The van der Waals surface area contributed by atoms with Gasteiger partial charge in [0.05, 0.1) is 0 Å². The number of hydrogen-bond donors (Lipinski definition) is 2. The van der Waals surface area contributed by atoms with Crippen molar-refractivity contribution in [1.82, 2.24) is 5.32 Å². The normalized spacial score (nSPS) is 12.0. The second-order valence-corrected chi connectivity index (χ2v) is 3.75. The largest absolute Gasteiger partial charge is 0.366 e. The summed E-state index contributed by atoms with van der Waals surface area (Å²) in [5, 5.41) is 2.99. The summed E-state index contributed by atoms with van der Waals surface area (Å²) in [7, 11) is 1.87. The highest BCUT2D eigenvalue weighted by Crippen LogP contribution is 2.18. The van der Waals surface area contributed by atoms with Crippen molar-refractivity contribution >= 4 is 11.5 Å². The van der Waals surface area contributed by atoms with Crippen LogP contribution in [-0.2, 0) is 4.79 Å². The molecule has 90 valence electrons. The molecule has 3 N–H and O–H groups in total. The zero-order chi connectivity index (χ0) is 12.7. The summed E-state index contributed by atoms with van der Waals surface area (Å²) in [4.78, 5) is 11.4. The predicted molar refractivity (Wildman–Crippen MR) is 71.4 cm³/mol. The minimum absolute atomic E-state index is 0.409. The molecular weight excluding hydrogens is 212 g/mol. The van der Waals surface area contributed by atoms with Gasteiger partial charge in [0.25, 0.3) is 0 Å². The molecule has 0 spiro atoms. The first kappa shape index (κ1) is 13.2. The number of allylic oxidation sites excluding steroid dienone is 2. The molecule has 1 aromatic carbocycles. The Bertz CT molecular complexity index is 447. The van der Waals surface area contributed by atoms with E-state index in [0.717, 1.165) is 17.7 Å². The molecule has 1 rings (SSSR count). The van der Waals surface area contributed by atoms with E-state index in [-0.39, 0.29) is 0 Å². The molecule has 1 aromatic rings. The lowest BCUT2D eigenvalue weighted by Gasteiger charge is -2.06. The van der Waals surface area contributed by atoms with Crippen LogP contribution in [0.3, 0.4) is 0 Å². The summed E-state index contributed by atoms with van der Waals surface area (Å²) >= 11 is 0. The SMILES string of the molecule is CNC/C=C/C=C(/C(N)=O)c1ccccc1C. The van der Waals surface area contributed by atoms with E-state index >= 15 is 0 Å². The van der Waals surface area contributed by atoms with Crippen LogP contribution >= 0.6 is 0 Å². The van der Waals surface area contributed by atoms with Crippen LogP contribution in [0.2, 0.25) is 0 Å². The summed E-state index contributed by atoms with van der Waals surface area (Å²) < 4.78 is 0. The van der Waals surface area contributed by atoms with Crippen LogP contribution in [0, 0.1) is 6.92 Å². The lowest BCUT2D eigenvalue weighted by Crippen LogP contribution is -2.13. The molecule has 0 radical (unpaired) electrons. The number of amides is 1. The smallest absolute Gasteiger partial charge is 0.249 e. The number of carbonyl (C=O) groups is 1. The summed E-state index contributed by atoms with van der Waals surface area (Å²) in [5.41, 5.74) is 7.86. The Morgan fingerprint density at radius 1 is 1.41 bits per heavy atom. The van der Waals surface area contributed by atoms with Crippen LogP contribution in [0.25, 0.3) is 5.57 Å². The first-order chi connectivity index (χ1) is 8.16. The van der Waals surface area contributed by atoms with Crippen molar-refractivity contribution in [2.75, 3.05) is 13.6 Å². The molecule has 0 saturated heterocycles. The average Bonchev–Trinajstić information content (AvgIpc) is 2.30. The Labute approximate surface area is 102 Å². The van der Waals surface area contributed by atoms with Gasteiger partial charge in [-0.15, -0.1) is 0 Å². The lowest BCUT2D eigenvalue weighted by molar-refractivity contribution is -0.112. The molecule has 17 heavy (non-hydrogen) atoms. The molecule has 3 heteroatoms. The molecule has 1 amide bonds. The first-order valence-corrected chi connectivity index (χ1v) is 5.54. The number of hydrogen-bond acceptors (Lipinski definition) is 2. The van der Waals surface area contributed by atoms with Gasteiger partial charge in [0.2, 0.25) is 5.91 Å². The number of rotatable bonds is 5. The van der Waals surface area contributed by atoms with E-state index in [1.54, 1.807) is 6.08 Å². The van der Waals surface area contributed by atoms with E-state index in [2.05, 4.69) is 5.32 Å². The van der Waals surface area contributed by atoms with Crippen molar-refractivity contribution in [3.8, 4) is 0 Å². The maximum atomic E-state index is 11.4. The molecule has 0 aromatic heterocycles. The Morgan fingerprint density at radius 2 is 2.12 bits per heavy atom. The second kappa shape index (κ2) is 6.66. The Balaban J connectivity index is 3.02. The predicted octanol–water partition coefficient (Wildman–Crippen LogP) is 1.64. The molecule has 0 aliphatic heterocycles. The maximum Gasteiger partial charge on any atom is 0.249 e. The van der Waals surface area contributed by atoms with Gasteiger partial charge >= 0.3 is 0 Å². The van der Waals surface area contributed by atoms with Gasteiger partial charge in [0, 0.05) is 12.1 Å². The Morgan fingerprint density at radius 3 is 2.71 bits per heavy atom. The third-order valence-electron chi connectivity index (χ3n) is 2.42. The molecule has 0 saturated carbocycles. The fourth-order valence-corrected chi connectivity index (χ4v) is 1.53. The van der Waals surface area contributed by atoms with E-state index in [0.29, 0.717) is 5.57 Å². The van der Waals surface area contributed by atoms with Gasteiger partial charge in [-0.05, 0) is 31.2 Å². The first-order valence-electron chi connectivity index (χ1n) is 5.54. The summed E-state index contributed by atoms with van der Waals surface area (Å²) in [5.74, 6) is -0.409. The number of likely N-dealkylation sites (N-methyl/N-ethyl adjacent to an activating group) is 1. The van der Waals surface area contributed by atoms with Crippen LogP contribution in [0.4, 0.5) is 0 Å². The van der Waals surface area contributed by atoms with Crippen molar-refractivity contribution in [2.45, 2.75) is 6.92 Å². The van der Waals surface area contributed by atoms with Crippen LogP contribution < -0.4 is 11.1 Å². The molecule has 0 fully saturated rings.